The summed E-state index contributed by atoms with van der Waals surface area (Å²) in [6.45, 7) is 9.96. The Hall–Kier alpha value is -4.27. The lowest BCUT2D eigenvalue weighted by Gasteiger charge is -2.19. The van der Waals surface area contributed by atoms with E-state index in [1.165, 1.54) is 0 Å². The maximum atomic E-state index is 12.1. The van der Waals surface area contributed by atoms with Crippen molar-refractivity contribution in [1.82, 2.24) is 19.8 Å². The molecular weight excluding hydrogens is 442 g/mol. The molecule has 35 heavy (non-hydrogen) atoms. The molecule has 186 valence electrons. The summed E-state index contributed by atoms with van der Waals surface area (Å²) in [5, 5.41) is 9.64. The number of ether oxygens (including phenoxy) is 1. The summed E-state index contributed by atoms with van der Waals surface area (Å²) in [4.78, 5) is 22.4. The lowest BCUT2D eigenvalue weighted by Crippen LogP contribution is -2.25. The van der Waals surface area contributed by atoms with Gasteiger partial charge in [-0.1, -0.05) is 38.3 Å². The number of benzene rings is 1. The van der Waals surface area contributed by atoms with Crippen molar-refractivity contribution in [3.05, 3.63) is 84.8 Å². The summed E-state index contributed by atoms with van der Waals surface area (Å²) in [5.41, 5.74) is 3.77. The summed E-state index contributed by atoms with van der Waals surface area (Å²) < 4.78 is 7.33. The van der Waals surface area contributed by atoms with Gasteiger partial charge in [0.15, 0.2) is 5.82 Å². The van der Waals surface area contributed by atoms with Gasteiger partial charge in [0.25, 0.3) is 0 Å². The van der Waals surface area contributed by atoms with E-state index in [0.717, 1.165) is 29.9 Å². The van der Waals surface area contributed by atoms with Crippen LogP contribution in [0.5, 0.6) is 0 Å². The van der Waals surface area contributed by atoms with E-state index in [-0.39, 0.29) is 0 Å². The predicted molar refractivity (Wildman–Crippen MR) is 144 cm³/mol. The first-order valence-electron chi connectivity index (χ1n) is 11.2. The van der Waals surface area contributed by atoms with Gasteiger partial charge in [-0.3, -0.25) is 9.79 Å². The van der Waals surface area contributed by atoms with Crippen LogP contribution < -0.4 is 16.0 Å². The Morgan fingerprint density at radius 1 is 1.37 bits per heavy atom. The van der Waals surface area contributed by atoms with Gasteiger partial charge in [0.2, 0.25) is 12.3 Å². The van der Waals surface area contributed by atoms with Gasteiger partial charge in [0.05, 0.1) is 31.2 Å². The van der Waals surface area contributed by atoms with Gasteiger partial charge < -0.3 is 30.2 Å². The van der Waals surface area contributed by atoms with Crippen molar-refractivity contribution >= 4 is 29.5 Å². The Morgan fingerprint density at radius 3 is 2.71 bits per heavy atom. The summed E-state index contributed by atoms with van der Waals surface area (Å²) in [6, 6.07) is 7.76. The number of hydrogen-bond donors (Lipinski definition) is 3. The number of nitrogens with one attached hydrogen (secondary N) is 3. The molecule has 3 N–H and O–H groups in total. The van der Waals surface area contributed by atoms with Gasteiger partial charge in [0.1, 0.15) is 5.82 Å². The number of nitrogens with zero attached hydrogens (tertiary/aromatic N) is 4. The van der Waals surface area contributed by atoms with Crippen LogP contribution in [0.25, 0.3) is 5.70 Å². The molecule has 1 amide bonds. The third-order valence-corrected chi connectivity index (χ3v) is 5.06. The minimum Gasteiger partial charge on any atom is -0.480 e. The highest BCUT2D eigenvalue weighted by atomic mass is 16.5. The Bertz CT molecular complexity index is 1130. The van der Waals surface area contributed by atoms with Crippen molar-refractivity contribution in [2.75, 3.05) is 31.8 Å². The lowest BCUT2D eigenvalue weighted by atomic mass is 10.2. The fourth-order valence-corrected chi connectivity index (χ4v) is 3.37. The van der Waals surface area contributed by atoms with Crippen molar-refractivity contribution in [3.63, 3.8) is 0 Å². The molecule has 1 aromatic carbocycles. The van der Waals surface area contributed by atoms with E-state index >= 15 is 0 Å². The quantitative estimate of drug-likeness (QED) is 0.174. The van der Waals surface area contributed by atoms with Crippen molar-refractivity contribution in [1.29, 1.82) is 0 Å². The Morgan fingerprint density at radius 2 is 2.14 bits per heavy atom. The maximum Gasteiger partial charge on any atom is 0.232 e. The van der Waals surface area contributed by atoms with Gasteiger partial charge in [-0.05, 0) is 30.2 Å². The number of amides is 1. The second-order valence-electron chi connectivity index (χ2n) is 7.54. The van der Waals surface area contributed by atoms with Crippen molar-refractivity contribution in [2.45, 2.75) is 19.9 Å². The summed E-state index contributed by atoms with van der Waals surface area (Å²) in [5.74, 6) is 1.90. The van der Waals surface area contributed by atoms with Crippen LogP contribution >= 0.6 is 0 Å². The van der Waals surface area contributed by atoms with Gasteiger partial charge in [0, 0.05) is 38.7 Å². The SMILES string of the molecule is C=CC(=C)Nc1cccc(CN(C=O)/C=C(/N/C(=C/CC)C(=NC)OC)c2ncc(NC)n2C)c1. The molecule has 1 aromatic heterocycles. The zero-order chi connectivity index (χ0) is 25.8. The van der Waals surface area contributed by atoms with Crippen LogP contribution in [0.15, 0.2) is 78.4 Å². The number of methoxy groups -OCH3 is 1. The number of imidazole rings is 1. The first-order chi connectivity index (χ1) is 16.9. The van der Waals surface area contributed by atoms with Crippen LogP contribution in [0.2, 0.25) is 0 Å². The molecule has 0 aliphatic rings. The van der Waals surface area contributed by atoms with Crippen LogP contribution in [0.4, 0.5) is 11.5 Å². The molecule has 0 aliphatic carbocycles. The van der Waals surface area contributed by atoms with Crippen molar-refractivity contribution in [3.8, 4) is 0 Å². The number of anilines is 2. The number of rotatable bonds is 13. The summed E-state index contributed by atoms with van der Waals surface area (Å²) in [7, 11) is 6.95. The van der Waals surface area contributed by atoms with Crippen LogP contribution in [0.3, 0.4) is 0 Å². The highest BCUT2D eigenvalue weighted by Crippen LogP contribution is 2.19. The molecule has 0 spiro atoms. The van der Waals surface area contributed by atoms with E-state index in [1.807, 2.05) is 55.9 Å². The molecule has 0 atom stereocenters. The van der Waals surface area contributed by atoms with E-state index in [4.69, 9.17) is 4.74 Å². The average molecular weight is 478 g/mol. The average Bonchev–Trinajstić information content (AvgIpc) is 3.24. The molecular formula is C26H35N7O2. The van der Waals surface area contributed by atoms with Crippen molar-refractivity contribution in [2.24, 2.45) is 12.0 Å². The molecule has 2 rings (SSSR count). The van der Waals surface area contributed by atoms with Crippen LogP contribution in [-0.4, -0.2) is 48.0 Å². The van der Waals surface area contributed by atoms with Gasteiger partial charge in [-0.2, -0.15) is 0 Å². The molecule has 0 unspecified atom stereocenters. The normalized spacial score (nSPS) is 12.1. The van der Waals surface area contributed by atoms with E-state index in [1.54, 1.807) is 37.5 Å². The molecule has 0 aliphatic heterocycles. The van der Waals surface area contributed by atoms with Gasteiger partial charge in [-0.25, -0.2) is 4.98 Å². The molecule has 9 nitrogen and oxygen atoms in total. The maximum absolute atomic E-state index is 12.1. The van der Waals surface area contributed by atoms with Gasteiger partial charge in [-0.15, -0.1) is 0 Å². The molecule has 9 heteroatoms. The first kappa shape index (κ1) is 27.0. The number of hydrogen-bond acceptors (Lipinski definition) is 7. The first-order valence-corrected chi connectivity index (χ1v) is 11.2. The standard InChI is InChI=1S/C26H35N7O2/c1-8-11-22(26(28-5)35-7)31-23(25-29-15-24(27-4)32(25)6)17-33(18-34)16-20-12-10-13-21(14-20)30-19(3)9-2/h9-15,17-18,27,30-31H,2-3,8,16H2,1,4-7H3/b22-11+,23-17+,28-26?. The number of allylic oxidation sites excluding steroid dienone is 2. The molecule has 0 saturated heterocycles. The summed E-state index contributed by atoms with van der Waals surface area (Å²) in [6.07, 6.45) is 8.60. The minimum absolute atomic E-state index is 0.347. The lowest BCUT2D eigenvalue weighted by molar-refractivity contribution is -0.116. The topological polar surface area (TPSA) is 95.8 Å². The third kappa shape index (κ3) is 7.36. The monoisotopic (exact) mass is 477 g/mol. The second-order valence-corrected chi connectivity index (χ2v) is 7.54. The van der Waals surface area contributed by atoms with E-state index < -0.39 is 0 Å². The fourth-order valence-electron chi connectivity index (χ4n) is 3.37. The fraction of sp³-hybridized carbons (Fsp3) is 0.269. The zero-order valence-electron chi connectivity index (χ0n) is 21.1. The number of carbonyl (C=O) groups excluding carboxylic acids is 1. The predicted octanol–water partition coefficient (Wildman–Crippen LogP) is 4.09. The highest BCUT2D eigenvalue weighted by Gasteiger charge is 2.17. The van der Waals surface area contributed by atoms with E-state index in [9.17, 15) is 4.79 Å². The van der Waals surface area contributed by atoms with Crippen LogP contribution in [0, 0.1) is 0 Å². The third-order valence-electron chi connectivity index (χ3n) is 5.06. The molecule has 0 radical (unpaired) electrons. The van der Waals surface area contributed by atoms with Crippen LogP contribution in [0.1, 0.15) is 24.7 Å². The van der Waals surface area contributed by atoms with Crippen LogP contribution in [-0.2, 0) is 23.1 Å². The minimum atomic E-state index is 0.347. The number of aromatic nitrogens is 2. The summed E-state index contributed by atoms with van der Waals surface area (Å²) >= 11 is 0. The Kier molecular flexibility index (Phi) is 10.4. The molecule has 0 fully saturated rings. The number of carbonyl (C=O) groups is 1. The zero-order valence-corrected chi connectivity index (χ0v) is 21.1. The largest absolute Gasteiger partial charge is 0.480 e. The second kappa shape index (κ2) is 13.4. The molecule has 1 heterocycles. The Balaban J connectivity index is 2.47. The molecule has 2 aromatic rings. The smallest absolute Gasteiger partial charge is 0.232 e. The van der Waals surface area contributed by atoms with Gasteiger partial charge >= 0.3 is 0 Å². The molecule has 0 bridgehead atoms. The Labute approximate surface area is 207 Å². The molecule has 0 saturated carbocycles. The highest BCUT2D eigenvalue weighted by molar-refractivity contribution is 5.94. The van der Waals surface area contributed by atoms with E-state index in [2.05, 4.69) is 39.1 Å². The van der Waals surface area contributed by atoms with Crippen molar-refractivity contribution < 1.29 is 9.53 Å². The number of aliphatic imine (C=N–C) groups is 1. The van der Waals surface area contributed by atoms with E-state index in [0.29, 0.717) is 35.4 Å².